The fourth-order valence-corrected chi connectivity index (χ4v) is 2.00. The molecule has 0 amide bonds. The molecule has 0 saturated carbocycles. The Kier molecular flexibility index (Phi) is 6.93. The molecule has 3 heteroatoms. The molecule has 0 bridgehead atoms. The Morgan fingerprint density at radius 2 is 1.81 bits per heavy atom. The lowest BCUT2D eigenvalue weighted by Gasteiger charge is -2.16. The van der Waals surface area contributed by atoms with E-state index in [2.05, 4.69) is 36.7 Å². The van der Waals surface area contributed by atoms with Crippen LogP contribution in [0.2, 0.25) is 5.02 Å². The molecule has 0 aliphatic rings. The van der Waals surface area contributed by atoms with Crippen molar-refractivity contribution in [1.29, 1.82) is 0 Å². The Labute approximate surface area is 109 Å². The first kappa shape index (κ1) is 13.9. The van der Waals surface area contributed by atoms with Gasteiger partial charge in [-0.2, -0.15) is 12.6 Å². The maximum absolute atomic E-state index is 5.85. The number of unbranched alkanes of at least 4 members (excludes halogenated alkanes) is 2. The SMILES string of the molecule is CN(CCCCCS)Cc1ccc(Cl)cc1. The second-order valence-electron chi connectivity index (χ2n) is 4.15. The van der Waals surface area contributed by atoms with E-state index < -0.39 is 0 Å². The van der Waals surface area contributed by atoms with Crippen molar-refractivity contribution in [3.63, 3.8) is 0 Å². The van der Waals surface area contributed by atoms with Gasteiger partial charge in [-0.1, -0.05) is 30.2 Å². The minimum Gasteiger partial charge on any atom is -0.302 e. The highest BCUT2D eigenvalue weighted by Crippen LogP contribution is 2.11. The fraction of sp³-hybridized carbons (Fsp3) is 0.538. The van der Waals surface area contributed by atoms with Crippen molar-refractivity contribution in [2.45, 2.75) is 25.8 Å². The molecule has 0 atom stereocenters. The smallest absolute Gasteiger partial charge is 0.0406 e. The van der Waals surface area contributed by atoms with Gasteiger partial charge in [0.1, 0.15) is 0 Å². The summed E-state index contributed by atoms with van der Waals surface area (Å²) in [6, 6.07) is 8.08. The molecule has 0 aromatic heterocycles. The quantitative estimate of drug-likeness (QED) is 0.573. The molecule has 0 unspecified atom stereocenters. The van der Waals surface area contributed by atoms with Crippen LogP contribution in [-0.2, 0) is 6.54 Å². The van der Waals surface area contributed by atoms with Crippen molar-refractivity contribution in [3.05, 3.63) is 34.9 Å². The summed E-state index contributed by atoms with van der Waals surface area (Å²) in [5, 5.41) is 0.806. The van der Waals surface area contributed by atoms with E-state index in [0.717, 1.165) is 23.9 Å². The monoisotopic (exact) mass is 257 g/mol. The van der Waals surface area contributed by atoms with Crippen LogP contribution >= 0.6 is 24.2 Å². The minimum atomic E-state index is 0.806. The van der Waals surface area contributed by atoms with E-state index in [-0.39, 0.29) is 0 Å². The molecule has 1 nitrogen and oxygen atoms in total. The topological polar surface area (TPSA) is 3.24 Å². The van der Waals surface area contributed by atoms with Crippen LogP contribution < -0.4 is 0 Å². The van der Waals surface area contributed by atoms with Gasteiger partial charge in [-0.05, 0) is 49.9 Å². The predicted molar refractivity (Wildman–Crippen MR) is 75.5 cm³/mol. The number of hydrogen-bond acceptors (Lipinski definition) is 2. The van der Waals surface area contributed by atoms with Gasteiger partial charge < -0.3 is 4.90 Å². The molecule has 1 rings (SSSR count). The largest absolute Gasteiger partial charge is 0.302 e. The van der Waals surface area contributed by atoms with Gasteiger partial charge in [0, 0.05) is 11.6 Å². The second kappa shape index (κ2) is 7.99. The highest BCUT2D eigenvalue weighted by Gasteiger charge is 2.00. The summed E-state index contributed by atoms with van der Waals surface area (Å²) in [7, 11) is 2.16. The standard InChI is InChI=1S/C13H20ClNS/c1-15(9-3-2-4-10-16)11-12-5-7-13(14)8-6-12/h5-8,16H,2-4,9-11H2,1H3. The normalized spacial score (nSPS) is 11.0. The van der Waals surface area contributed by atoms with Crippen LogP contribution in [0.4, 0.5) is 0 Å². The lowest BCUT2D eigenvalue weighted by molar-refractivity contribution is 0.318. The van der Waals surface area contributed by atoms with E-state index in [1.165, 1.54) is 24.8 Å². The summed E-state index contributed by atoms with van der Waals surface area (Å²) in [4.78, 5) is 2.35. The first-order chi connectivity index (χ1) is 7.72. The zero-order chi connectivity index (χ0) is 11.8. The molecule has 0 aliphatic carbocycles. The van der Waals surface area contributed by atoms with Gasteiger partial charge in [-0.25, -0.2) is 0 Å². The van der Waals surface area contributed by atoms with Gasteiger partial charge in [-0.3, -0.25) is 0 Å². The highest BCUT2D eigenvalue weighted by molar-refractivity contribution is 7.80. The van der Waals surface area contributed by atoms with Crippen LogP contribution in [0.15, 0.2) is 24.3 Å². The van der Waals surface area contributed by atoms with Crippen LogP contribution in [-0.4, -0.2) is 24.2 Å². The first-order valence-corrected chi connectivity index (χ1v) is 6.77. The van der Waals surface area contributed by atoms with Crippen LogP contribution in [0.3, 0.4) is 0 Å². The Bertz CT molecular complexity index is 286. The molecule has 0 aliphatic heterocycles. The predicted octanol–water partition coefficient (Wildman–Crippen LogP) is 3.87. The Hall–Kier alpha value is -0.180. The Balaban J connectivity index is 2.23. The molecule has 0 saturated heterocycles. The lowest BCUT2D eigenvalue weighted by Crippen LogP contribution is -2.19. The van der Waals surface area contributed by atoms with E-state index in [1.807, 2.05) is 12.1 Å². The molecular weight excluding hydrogens is 238 g/mol. The maximum atomic E-state index is 5.85. The van der Waals surface area contributed by atoms with Crippen molar-refractivity contribution >= 4 is 24.2 Å². The molecule has 0 spiro atoms. The molecule has 1 aromatic rings. The van der Waals surface area contributed by atoms with Crippen molar-refractivity contribution in [1.82, 2.24) is 4.90 Å². The summed E-state index contributed by atoms with van der Waals surface area (Å²) in [6.07, 6.45) is 3.75. The van der Waals surface area contributed by atoms with Crippen molar-refractivity contribution in [2.24, 2.45) is 0 Å². The summed E-state index contributed by atoms with van der Waals surface area (Å²) in [5.41, 5.74) is 1.32. The van der Waals surface area contributed by atoms with Gasteiger partial charge in [0.2, 0.25) is 0 Å². The molecular formula is C13H20ClNS. The summed E-state index contributed by atoms with van der Waals surface area (Å²) >= 11 is 10.1. The summed E-state index contributed by atoms with van der Waals surface area (Å²) in [6.45, 7) is 2.15. The lowest BCUT2D eigenvalue weighted by atomic mass is 10.2. The number of benzene rings is 1. The third-order valence-corrected chi connectivity index (χ3v) is 3.13. The van der Waals surface area contributed by atoms with Gasteiger partial charge in [0.05, 0.1) is 0 Å². The molecule has 0 radical (unpaired) electrons. The van der Waals surface area contributed by atoms with Crippen molar-refractivity contribution < 1.29 is 0 Å². The van der Waals surface area contributed by atoms with E-state index in [4.69, 9.17) is 11.6 Å². The highest BCUT2D eigenvalue weighted by atomic mass is 35.5. The third-order valence-electron chi connectivity index (χ3n) is 2.56. The average molecular weight is 258 g/mol. The first-order valence-electron chi connectivity index (χ1n) is 5.76. The molecule has 0 fully saturated rings. The Morgan fingerprint density at radius 3 is 2.44 bits per heavy atom. The van der Waals surface area contributed by atoms with Crippen molar-refractivity contribution in [2.75, 3.05) is 19.3 Å². The number of rotatable bonds is 7. The van der Waals surface area contributed by atoms with Gasteiger partial charge >= 0.3 is 0 Å². The number of nitrogens with zero attached hydrogens (tertiary/aromatic N) is 1. The van der Waals surface area contributed by atoms with Crippen LogP contribution in [0.25, 0.3) is 0 Å². The number of hydrogen-bond donors (Lipinski definition) is 1. The Morgan fingerprint density at radius 1 is 1.12 bits per heavy atom. The van der Waals surface area contributed by atoms with E-state index in [1.54, 1.807) is 0 Å². The third kappa shape index (κ3) is 5.78. The molecule has 90 valence electrons. The molecule has 1 aromatic carbocycles. The van der Waals surface area contributed by atoms with E-state index >= 15 is 0 Å². The number of halogens is 1. The van der Waals surface area contributed by atoms with Gasteiger partial charge in [-0.15, -0.1) is 0 Å². The van der Waals surface area contributed by atoms with Crippen LogP contribution in [0.5, 0.6) is 0 Å². The van der Waals surface area contributed by atoms with E-state index in [0.29, 0.717) is 0 Å². The fourth-order valence-electron chi connectivity index (χ4n) is 1.65. The molecule has 0 heterocycles. The zero-order valence-electron chi connectivity index (χ0n) is 9.82. The number of thiol groups is 1. The maximum Gasteiger partial charge on any atom is 0.0406 e. The summed E-state index contributed by atoms with van der Waals surface area (Å²) in [5.74, 6) is 1.00. The van der Waals surface area contributed by atoms with E-state index in [9.17, 15) is 0 Å². The minimum absolute atomic E-state index is 0.806. The second-order valence-corrected chi connectivity index (χ2v) is 5.03. The average Bonchev–Trinajstić information content (AvgIpc) is 2.28. The van der Waals surface area contributed by atoms with Gasteiger partial charge in [0.15, 0.2) is 0 Å². The summed E-state index contributed by atoms with van der Waals surface area (Å²) < 4.78 is 0. The van der Waals surface area contributed by atoms with Crippen molar-refractivity contribution in [3.8, 4) is 0 Å². The van der Waals surface area contributed by atoms with Crippen LogP contribution in [0.1, 0.15) is 24.8 Å². The van der Waals surface area contributed by atoms with Crippen LogP contribution in [0, 0.1) is 0 Å². The molecule has 16 heavy (non-hydrogen) atoms. The zero-order valence-corrected chi connectivity index (χ0v) is 11.5. The van der Waals surface area contributed by atoms with Gasteiger partial charge in [0.25, 0.3) is 0 Å². The molecule has 0 N–H and O–H groups in total.